The van der Waals surface area contributed by atoms with Gasteiger partial charge in [-0.3, -0.25) is 4.79 Å². The van der Waals surface area contributed by atoms with Crippen LogP contribution in [0, 0.1) is 11.3 Å². The number of hydrogen-bond acceptors (Lipinski definition) is 3. The number of anilines is 2. The Hall–Kier alpha value is -2.71. The van der Waals surface area contributed by atoms with E-state index in [2.05, 4.69) is 10.6 Å². The minimum Gasteiger partial charge on any atom is -0.342 e. The average Bonchev–Trinajstić information content (AvgIpc) is 2.48. The first kappa shape index (κ1) is 13.7. The van der Waals surface area contributed by atoms with Crippen LogP contribution in [-0.4, -0.2) is 10.9 Å². The molecule has 0 unspecified atom stereocenters. The predicted molar refractivity (Wildman–Crippen MR) is 82.4 cm³/mol. The van der Waals surface area contributed by atoms with Crippen molar-refractivity contribution >= 4 is 34.5 Å². The van der Waals surface area contributed by atoms with Gasteiger partial charge in [-0.25, -0.2) is 0 Å². The quantitative estimate of drug-likeness (QED) is 0.831. The highest BCUT2D eigenvalue weighted by molar-refractivity contribution is 7.82. The van der Waals surface area contributed by atoms with Crippen LogP contribution in [0.15, 0.2) is 54.6 Å². The largest absolute Gasteiger partial charge is 0.342 e. The minimum absolute atomic E-state index is 0.0453. The fourth-order valence-corrected chi connectivity index (χ4v) is 1.75. The highest BCUT2D eigenvalue weighted by Gasteiger charge is 2.11. The molecule has 2 aromatic carbocycles. The van der Waals surface area contributed by atoms with Crippen molar-refractivity contribution in [1.29, 1.82) is 5.26 Å². The van der Waals surface area contributed by atoms with E-state index in [1.807, 2.05) is 36.4 Å². The van der Waals surface area contributed by atoms with E-state index >= 15 is 0 Å². The third kappa shape index (κ3) is 3.40. The number of hydrogen-bond donors (Lipinski definition) is 2. The Labute approximate surface area is 122 Å². The molecule has 2 aromatic rings. The van der Waals surface area contributed by atoms with Gasteiger partial charge in [0, 0.05) is 5.69 Å². The maximum Gasteiger partial charge on any atom is 0.283 e. The smallest absolute Gasteiger partial charge is 0.283 e. The van der Waals surface area contributed by atoms with Crippen LogP contribution in [-0.2, 0) is 4.79 Å². The predicted octanol–water partition coefficient (Wildman–Crippen LogP) is 2.94. The van der Waals surface area contributed by atoms with Gasteiger partial charge in [0.15, 0.2) is 4.99 Å². The Bertz CT molecular complexity index is 677. The molecule has 0 fully saturated rings. The number of nitrogens with one attached hydrogen (secondary N) is 2. The molecular formula is C15H11N3OS. The molecule has 0 aliphatic carbocycles. The van der Waals surface area contributed by atoms with E-state index in [4.69, 9.17) is 17.5 Å². The summed E-state index contributed by atoms with van der Waals surface area (Å²) >= 11 is 5.03. The summed E-state index contributed by atoms with van der Waals surface area (Å²) in [7, 11) is 0. The number of rotatable bonds is 2. The summed E-state index contributed by atoms with van der Waals surface area (Å²) < 4.78 is 0. The normalized spacial score (nSPS) is 9.35. The van der Waals surface area contributed by atoms with E-state index in [9.17, 15) is 4.79 Å². The number of thiocarbonyl (C=S) groups is 1. The van der Waals surface area contributed by atoms with Gasteiger partial charge in [0.1, 0.15) is 6.07 Å². The fraction of sp³-hybridized carbons (Fsp3) is 0. The van der Waals surface area contributed by atoms with Crippen molar-refractivity contribution in [2.24, 2.45) is 0 Å². The van der Waals surface area contributed by atoms with Gasteiger partial charge in [0.2, 0.25) is 0 Å². The molecule has 98 valence electrons. The molecule has 20 heavy (non-hydrogen) atoms. The molecule has 0 saturated carbocycles. The van der Waals surface area contributed by atoms with Crippen molar-refractivity contribution in [1.82, 2.24) is 0 Å². The van der Waals surface area contributed by atoms with Gasteiger partial charge < -0.3 is 10.6 Å². The van der Waals surface area contributed by atoms with Crippen LogP contribution in [0.25, 0.3) is 0 Å². The topological polar surface area (TPSA) is 64.9 Å². The molecule has 5 heteroatoms. The van der Waals surface area contributed by atoms with Gasteiger partial charge in [-0.15, -0.1) is 0 Å². The molecule has 0 aliphatic rings. The molecule has 2 N–H and O–H groups in total. The molecule has 0 aliphatic heterocycles. The number of nitriles is 1. The summed E-state index contributed by atoms with van der Waals surface area (Å²) in [4.78, 5) is 12.0. The lowest BCUT2D eigenvalue weighted by Gasteiger charge is -2.09. The van der Waals surface area contributed by atoms with Crippen LogP contribution in [0.2, 0.25) is 0 Å². The number of nitrogens with zero attached hydrogens (tertiary/aromatic N) is 1. The van der Waals surface area contributed by atoms with Crippen molar-refractivity contribution < 1.29 is 4.79 Å². The minimum atomic E-state index is -0.452. The molecule has 0 aromatic heterocycles. The number of carbonyl (C=O) groups is 1. The van der Waals surface area contributed by atoms with E-state index in [-0.39, 0.29) is 4.99 Å². The molecule has 4 nitrogen and oxygen atoms in total. The lowest BCUT2D eigenvalue weighted by molar-refractivity contribution is -0.110. The van der Waals surface area contributed by atoms with E-state index in [0.29, 0.717) is 11.3 Å². The van der Waals surface area contributed by atoms with Crippen LogP contribution in [0.4, 0.5) is 11.4 Å². The van der Waals surface area contributed by atoms with Crippen molar-refractivity contribution in [3.63, 3.8) is 0 Å². The Kier molecular flexibility index (Phi) is 4.43. The highest BCUT2D eigenvalue weighted by atomic mass is 32.1. The zero-order valence-corrected chi connectivity index (χ0v) is 11.3. The summed E-state index contributed by atoms with van der Waals surface area (Å²) in [6.07, 6.45) is 0. The Morgan fingerprint density at radius 2 is 1.65 bits per heavy atom. The van der Waals surface area contributed by atoms with Crippen molar-refractivity contribution in [3.8, 4) is 6.07 Å². The van der Waals surface area contributed by atoms with Crippen LogP contribution >= 0.6 is 12.2 Å². The van der Waals surface area contributed by atoms with Crippen LogP contribution in [0.5, 0.6) is 0 Å². The third-order valence-electron chi connectivity index (χ3n) is 2.53. The Balaban J connectivity index is 2.05. The van der Waals surface area contributed by atoms with E-state index < -0.39 is 5.91 Å². The maximum absolute atomic E-state index is 12.0. The lowest BCUT2D eigenvalue weighted by Crippen LogP contribution is -2.27. The number of amides is 1. The van der Waals surface area contributed by atoms with Crippen LogP contribution in [0.3, 0.4) is 0 Å². The molecule has 0 bridgehead atoms. The standard InChI is InChI=1S/C15H11N3OS/c16-10-11-6-4-5-9-13(11)18-14(19)15(20)17-12-7-2-1-3-8-12/h1-9H,(H,17,20)(H,18,19). The second-order valence-electron chi connectivity index (χ2n) is 3.93. The summed E-state index contributed by atoms with van der Waals surface area (Å²) in [6, 6.07) is 17.9. The van der Waals surface area contributed by atoms with E-state index in [0.717, 1.165) is 5.69 Å². The van der Waals surface area contributed by atoms with Crippen molar-refractivity contribution in [2.75, 3.05) is 10.6 Å². The summed E-state index contributed by atoms with van der Waals surface area (Å²) in [5.41, 5.74) is 1.57. The molecule has 0 atom stereocenters. The first-order chi connectivity index (χ1) is 9.70. The van der Waals surface area contributed by atoms with Gasteiger partial charge in [0.05, 0.1) is 11.3 Å². The first-order valence-electron chi connectivity index (χ1n) is 5.87. The number of para-hydroxylation sites is 2. The molecule has 1 amide bonds. The zero-order chi connectivity index (χ0) is 14.4. The third-order valence-corrected chi connectivity index (χ3v) is 2.82. The second kappa shape index (κ2) is 6.45. The molecule has 0 saturated heterocycles. The molecule has 0 spiro atoms. The monoisotopic (exact) mass is 281 g/mol. The lowest BCUT2D eigenvalue weighted by atomic mass is 10.2. The van der Waals surface area contributed by atoms with Crippen LogP contribution in [0.1, 0.15) is 5.56 Å². The van der Waals surface area contributed by atoms with Gasteiger partial charge in [0.25, 0.3) is 5.91 Å². The summed E-state index contributed by atoms with van der Waals surface area (Å²) in [6.45, 7) is 0. The fourth-order valence-electron chi connectivity index (χ4n) is 1.58. The maximum atomic E-state index is 12.0. The second-order valence-corrected chi connectivity index (χ2v) is 4.34. The number of carbonyl (C=O) groups excluding carboxylic acids is 1. The molecule has 0 heterocycles. The van der Waals surface area contributed by atoms with Crippen molar-refractivity contribution in [2.45, 2.75) is 0 Å². The van der Waals surface area contributed by atoms with Gasteiger partial charge >= 0.3 is 0 Å². The van der Waals surface area contributed by atoms with E-state index in [1.54, 1.807) is 24.3 Å². The molecular weight excluding hydrogens is 270 g/mol. The van der Waals surface area contributed by atoms with E-state index in [1.165, 1.54) is 0 Å². The highest BCUT2D eigenvalue weighted by Crippen LogP contribution is 2.14. The van der Waals surface area contributed by atoms with Gasteiger partial charge in [-0.05, 0) is 24.3 Å². The Morgan fingerprint density at radius 1 is 1.00 bits per heavy atom. The number of benzene rings is 2. The summed E-state index contributed by atoms with van der Waals surface area (Å²) in [5.74, 6) is -0.452. The van der Waals surface area contributed by atoms with Crippen LogP contribution < -0.4 is 10.6 Å². The SMILES string of the molecule is N#Cc1ccccc1NC(=O)C(=S)Nc1ccccc1. The molecule has 2 rings (SSSR count). The Morgan fingerprint density at radius 3 is 2.35 bits per heavy atom. The van der Waals surface area contributed by atoms with Crippen molar-refractivity contribution in [3.05, 3.63) is 60.2 Å². The average molecular weight is 281 g/mol. The summed E-state index contributed by atoms with van der Waals surface area (Å²) in [5, 5.41) is 14.4. The first-order valence-corrected chi connectivity index (χ1v) is 6.28. The van der Waals surface area contributed by atoms with Gasteiger partial charge in [-0.1, -0.05) is 42.5 Å². The zero-order valence-electron chi connectivity index (χ0n) is 10.5. The molecule has 0 radical (unpaired) electrons. The van der Waals surface area contributed by atoms with Gasteiger partial charge in [-0.2, -0.15) is 5.26 Å².